The Hall–Kier alpha value is -3.52. The molecule has 1 aliphatic heterocycles. The molecule has 4 aromatic rings. The number of anilines is 2. The Morgan fingerprint density at radius 2 is 2.03 bits per heavy atom. The van der Waals surface area contributed by atoms with Crippen molar-refractivity contribution in [2.45, 2.75) is 38.2 Å². The molecule has 2 fully saturated rings. The summed E-state index contributed by atoms with van der Waals surface area (Å²) in [5.41, 5.74) is 3.06. The van der Waals surface area contributed by atoms with E-state index in [0.29, 0.717) is 23.1 Å². The molecule has 0 unspecified atom stereocenters. The topological polar surface area (TPSA) is 102 Å². The largest absolute Gasteiger partial charge is 0.436 e. The van der Waals surface area contributed by atoms with E-state index >= 15 is 0 Å². The number of benzene rings is 1. The molecule has 1 aromatic carbocycles. The van der Waals surface area contributed by atoms with Crippen LogP contribution < -0.4 is 10.6 Å². The number of aromatic nitrogens is 3. The summed E-state index contributed by atoms with van der Waals surface area (Å²) in [6, 6.07) is 7.92. The molecule has 1 saturated heterocycles. The second-order valence-electron chi connectivity index (χ2n) is 9.03. The summed E-state index contributed by atoms with van der Waals surface area (Å²) in [6.07, 6.45) is 7.39. The molecular weight excluding hydrogens is 418 g/mol. The Balaban J connectivity index is 1.44. The third-order valence-electron chi connectivity index (χ3n) is 6.66. The lowest BCUT2D eigenvalue weighted by atomic mass is 9.93. The normalized spacial score (nSPS) is 20.4. The highest BCUT2D eigenvalue weighted by molar-refractivity contribution is 6.03. The van der Waals surface area contributed by atoms with Crippen LogP contribution in [0.5, 0.6) is 0 Å². The van der Waals surface area contributed by atoms with E-state index in [2.05, 4.69) is 33.6 Å². The lowest BCUT2D eigenvalue weighted by Gasteiger charge is -2.23. The van der Waals surface area contributed by atoms with Gasteiger partial charge in [-0.05, 0) is 56.4 Å². The molecule has 0 bridgehead atoms. The predicted molar refractivity (Wildman–Crippen MR) is 126 cm³/mol. The first-order valence-electron chi connectivity index (χ1n) is 11.4. The Morgan fingerprint density at radius 1 is 1.15 bits per heavy atom. The fourth-order valence-electron chi connectivity index (χ4n) is 4.53. The van der Waals surface area contributed by atoms with Gasteiger partial charge in [0, 0.05) is 42.7 Å². The summed E-state index contributed by atoms with van der Waals surface area (Å²) in [5.74, 6) is 1.81. The molecule has 8 heteroatoms. The van der Waals surface area contributed by atoms with Crippen LogP contribution in [-0.2, 0) is 15.1 Å². The highest BCUT2D eigenvalue weighted by atomic mass is 16.5. The Labute approximate surface area is 190 Å². The zero-order chi connectivity index (χ0) is 22.6. The quantitative estimate of drug-likeness (QED) is 0.454. The van der Waals surface area contributed by atoms with E-state index in [1.165, 1.54) is 0 Å². The molecule has 8 nitrogen and oxygen atoms in total. The molecule has 2 aliphatic rings. The number of rotatable bonds is 5. The standard InChI is InChI=1S/C25H25N5O3/c1-25(8-3-9-32-25)15-6-7-20-19(10-15)29-24(33-20)18-13-28-22(26-2)17-12-27-21(11-16(17)18)30-23(31)14-4-5-14/h6-7,10-14H,3-5,8-9H2,1-2H3,(H,26,28)(H,27,30,31)/t25-/m1/s1. The molecular formula is C25H25N5O3. The van der Waals surface area contributed by atoms with E-state index in [1.54, 1.807) is 12.4 Å². The maximum absolute atomic E-state index is 12.3. The minimum absolute atomic E-state index is 0.0170. The van der Waals surface area contributed by atoms with E-state index in [1.807, 2.05) is 25.2 Å². The zero-order valence-corrected chi connectivity index (χ0v) is 18.6. The zero-order valence-electron chi connectivity index (χ0n) is 18.6. The molecule has 33 heavy (non-hydrogen) atoms. The number of oxazole rings is 1. The summed E-state index contributed by atoms with van der Waals surface area (Å²) >= 11 is 0. The first-order valence-corrected chi connectivity index (χ1v) is 11.4. The van der Waals surface area contributed by atoms with Crippen LogP contribution in [0.2, 0.25) is 0 Å². The lowest BCUT2D eigenvalue weighted by Crippen LogP contribution is -2.19. The maximum Gasteiger partial charge on any atom is 0.229 e. The van der Waals surface area contributed by atoms with Gasteiger partial charge in [0.2, 0.25) is 11.8 Å². The number of pyridine rings is 2. The Kier molecular flexibility index (Phi) is 4.58. The number of carbonyl (C=O) groups is 1. The Morgan fingerprint density at radius 3 is 2.79 bits per heavy atom. The monoisotopic (exact) mass is 443 g/mol. The van der Waals surface area contributed by atoms with Gasteiger partial charge in [0.25, 0.3) is 0 Å². The second kappa shape index (κ2) is 7.52. The summed E-state index contributed by atoms with van der Waals surface area (Å²) in [5, 5.41) is 7.71. The number of nitrogens with zero attached hydrogens (tertiary/aromatic N) is 3. The highest BCUT2D eigenvalue weighted by Crippen LogP contribution is 2.38. The molecule has 4 heterocycles. The lowest BCUT2D eigenvalue weighted by molar-refractivity contribution is -0.117. The van der Waals surface area contributed by atoms with Gasteiger partial charge in [-0.15, -0.1) is 0 Å². The number of ether oxygens (including phenoxy) is 1. The molecule has 0 spiro atoms. The van der Waals surface area contributed by atoms with E-state index in [-0.39, 0.29) is 17.4 Å². The molecule has 1 atom stereocenters. The Bertz CT molecular complexity index is 1390. The molecule has 1 amide bonds. The molecule has 3 aromatic heterocycles. The van der Waals surface area contributed by atoms with Gasteiger partial charge in [-0.2, -0.15) is 0 Å². The molecule has 168 valence electrons. The van der Waals surface area contributed by atoms with Crippen LogP contribution in [0.1, 0.15) is 38.2 Å². The van der Waals surface area contributed by atoms with Crippen molar-refractivity contribution in [1.29, 1.82) is 0 Å². The molecule has 2 N–H and O–H groups in total. The van der Waals surface area contributed by atoms with Crippen molar-refractivity contribution in [3.8, 4) is 11.5 Å². The number of nitrogens with one attached hydrogen (secondary N) is 2. The van der Waals surface area contributed by atoms with Crippen LogP contribution in [0.15, 0.2) is 41.1 Å². The van der Waals surface area contributed by atoms with Gasteiger partial charge in [-0.25, -0.2) is 15.0 Å². The summed E-state index contributed by atoms with van der Waals surface area (Å²) in [7, 11) is 1.82. The summed E-state index contributed by atoms with van der Waals surface area (Å²) < 4.78 is 12.1. The van der Waals surface area contributed by atoms with Crippen LogP contribution >= 0.6 is 0 Å². The number of carbonyl (C=O) groups excluding carboxylic acids is 1. The van der Waals surface area contributed by atoms with Crippen LogP contribution in [0.25, 0.3) is 33.3 Å². The van der Waals surface area contributed by atoms with Crippen LogP contribution in [0.4, 0.5) is 11.6 Å². The highest BCUT2D eigenvalue weighted by Gasteiger charge is 2.32. The van der Waals surface area contributed by atoms with Crippen molar-refractivity contribution in [2.75, 3.05) is 24.3 Å². The van der Waals surface area contributed by atoms with Crippen molar-refractivity contribution in [3.05, 3.63) is 42.2 Å². The predicted octanol–water partition coefficient (Wildman–Crippen LogP) is 4.85. The van der Waals surface area contributed by atoms with E-state index in [0.717, 1.165) is 59.7 Å². The molecule has 6 rings (SSSR count). The summed E-state index contributed by atoms with van der Waals surface area (Å²) in [4.78, 5) is 26.0. The second-order valence-corrected chi connectivity index (χ2v) is 9.03. The minimum Gasteiger partial charge on any atom is -0.436 e. The molecule has 1 saturated carbocycles. The van der Waals surface area contributed by atoms with Gasteiger partial charge in [-0.1, -0.05) is 6.07 Å². The maximum atomic E-state index is 12.3. The van der Waals surface area contributed by atoms with Crippen molar-refractivity contribution in [1.82, 2.24) is 15.0 Å². The van der Waals surface area contributed by atoms with Crippen molar-refractivity contribution in [2.24, 2.45) is 5.92 Å². The van der Waals surface area contributed by atoms with E-state index in [4.69, 9.17) is 14.1 Å². The van der Waals surface area contributed by atoms with Crippen LogP contribution in [-0.4, -0.2) is 34.5 Å². The third kappa shape index (κ3) is 3.51. The number of hydrogen-bond acceptors (Lipinski definition) is 7. The van der Waals surface area contributed by atoms with Gasteiger partial charge in [0.1, 0.15) is 17.2 Å². The number of hydrogen-bond donors (Lipinski definition) is 2. The van der Waals surface area contributed by atoms with E-state index in [9.17, 15) is 4.79 Å². The number of fused-ring (bicyclic) bond motifs is 2. The average molecular weight is 444 g/mol. The van der Waals surface area contributed by atoms with Crippen molar-refractivity contribution in [3.63, 3.8) is 0 Å². The van der Waals surface area contributed by atoms with Crippen molar-refractivity contribution < 1.29 is 13.9 Å². The smallest absolute Gasteiger partial charge is 0.229 e. The fourth-order valence-corrected chi connectivity index (χ4v) is 4.53. The number of amides is 1. The van der Waals surface area contributed by atoms with Gasteiger partial charge in [0.05, 0.1) is 11.2 Å². The van der Waals surface area contributed by atoms with Crippen LogP contribution in [0, 0.1) is 5.92 Å². The first kappa shape index (κ1) is 20.1. The van der Waals surface area contributed by atoms with Gasteiger partial charge < -0.3 is 19.8 Å². The molecule has 0 radical (unpaired) electrons. The molecule has 1 aliphatic carbocycles. The van der Waals surface area contributed by atoms with Crippen molar-refractivity contribution >= 4 is 39.4 Å². The van der Waals surface area contributed by atoms with Gasteiger partial charge in [-0.3, -0.25) is 4.79 Å². The first-order chi connectivity index (χ1) is 16.0. The minimum atomic E-state index is -0.281. The average Bonchev–Trinajstić information content (AvgIpc) is 3.45. The van der Waals surface area contributed by atoms with Gasteiger partial charge in [0.15, 0.2) is 5.58 Å². The van der Waals surface area contributed by atoms with Crippen LogP contribution in [0.3, 0.4) is 0 Å². The summed E-state index contributed by atoms with van der Waals surface area (Å²) in [6.45, 7) is 2.91. The fraction of sp³-hybridized carbons (Fsp3) is 0.360. The van der Waals surface area contributed by atoms with E-state index < -0.39 is 0 Å². The van der Waals surface area contributed by atoms with Gasteiger partial charge >= 0.3 is 0 Å². The SMILES string of the molecule is CNc1ncc(-c2nc3cc([C@@]4(C)CCCO4)ccc3o2)c2cc(NC(=O)C3CC3)ncc12. The third-order valence-corrected chi connectivity index (χ3v) is 6.66.